The number of hydrogen-bond acceptors (Lipinski definition) is 2. The van der Waals surface area contributed by atoms with E-state index >= 15 is 0 Å². The Morgan fingerprint density at radius 3 is 2.95 bits per heavy atom. The third-order valence-corrected chi connectivity index (χ3v) is 4.61. The number of aryl methyl sites for hydroxylation is 2. The molecule has 0 saturated carbocycles. The molecule has 0 N–H and O–H groups in total. The zero-order chi connectivity index (χ0) is 14.1. The molecule has 1 aromatic carbocycles. The van der Waals surface area contributed by atoms with Gasteiger partial charge < -0.3 is 4.90 Å². The molecule has 2 heterocycles. The summed E-state index contributed by atoms with van der Waals surface area (Å²) >= 11 is 0. The van der Waals surface area contributed by atoms with Gasteiger partial charge in [0.2, 0.25) is 0 Å². The molecule has 1 fully saturated rings. The molecule has 0 amide bonds. The van der Waals surface area contributed by atoms with E-state index in [0.717, 1.165) is 13.0 Å². The molecule has 1 saturated heterocycles. The quantitative estimate of drug-likeness (QED) is 0.821. The van der Waals surface area contributed by atoms with Crippen molar-refractivity contribution in [2.24, 2.45) is 0 Å². The first kappa shape index (κ1) is 13.6. The number of likely N-dealkylation sites (tertiary alicyclic amines) is 1. The molecule has 0 spiro atoms. The SMILES string of the molecule is CCc1cnc2c(C3CCCN(C)C3)c(C)ccc2c1. The Labute approximate surface area is 121 Å². The van der Waals surface area contributed by atoms with Crippen LogP contribution in [0.1, 0.15) is 42.4 Å². The highest BCUT2D eigenvalue weighted by Gasteiger charge is 2.22. The standard InChI is InChI=1S/C18H24N2/c1-4-14-10-15-8-7-13(2)17(18(15)19-11-14)16-6-5-9-20(3)12-16/h7-8,10-11,16H,4-6,9,12H2,1-3H3. The van der Waals surface area contributed by atoms with Crippen LogP contribution in [-0.4, -0.2) is 30.0 Å². The molecule has 1 aliphatic rings. The minimum absolute atomic E-state index is 0.637. The number of hydrogen-bond donors (Lipinski definition) is 0. The zero-order valence-electron chi connectivity index (χ0n) is 12.8. The van der Waals surface area contributed by atoms with Crippen molar-refractivity contribution in [2.75, 3.05) is 20.1 Å². The molecule has 1 aliphatic heterocycles. The molecular formula is C18H24N2. The normalized spacial score (nSPS) is 20.4. The van der Waals surface area contributed by atoms with Crippen LogP contribution in [0.2, 0.25) is 0 Å². The third kappa shape index (κ3) is 2.45. The number of nitrogens with zero attached hydrogens (tertiary/aromatic N) is 2. The zero-order valence-corrected chi connectivity index (χ0v) is 12.8. The average molecular weight is 268 g/mol. The number of piperidine rings is 1. The smallest absolute Gasteiger partial charge is 0.0740 e. The molecule has 2 nitrogen and oxygen atoms in total. The molecule has 1 aromatic heterocycles. The summed E-state index contributed by atoms with van der Waals surface area (Å²) in [5.74, 6) is 0.637. The third-order valence-electron chi connectivity index (χ3n) is 4.61. The fourth-order valence-corrected chi connectivity index (χ4v) is 3.48. The number of aromatic nitrogens is 1. The second-order valence-corrected chi connectivity index (χ2v) is 6.17. The summed E-state index contributed by atoms with van der Waals surface area (Å²) in [6.45, 7) is 6.82. The van der Waals surface area contributed by atoms with Crippen LogP contribution in [0.15, 0.2) is 24.4 Å². The fourth-order valence-electron chi connectivity index (χ4n) is 3.48. The lowest BCUT2D eigenvalue weighted by molar-refractivity contribution is 0.251. The van der Waals surface area contributed by atoms with Crippen LogP contribution in [0, 0.1) is 6.92 Å². The van der Waals surface area contributed by atoms with Crippen LogP contribution in [0.3, 0.4) is 0 Å². The molecule has 106 valence electrons. The van der Waals surface area contributed by atoms with E-state index < -0.39 is 0 Å². The molecule has 2 heteroatoms. The summed E-state index contributed by atoms with van der Waals surface area (Å²) in [6, 6.07) is 6.80. The van der Waals surface area contributed by atoms with Gasteiger partial charge in [0.25, 0.3) is 0 Å². The van der Waals surface area contributed by atoms with E-state index in [1.165, 1.54) is 47.0 Å². The van der Waals surface area contributed by atoms with E-state index in [1.807, 2.05) is 0 Å². The highest BCUT2D eigenvalue weighted by atomic mass is 15.1. The van der Waals surface area contributed by atoms with Gasteiger partial charge in [-0.15, -0.1) is 0 Å². The van der Waals surface area contributed by atoms with Crippen LogP contribution >= 0.6 is 0 Å². The van der Waals surface area contributed by atoms with Crippen molar-refractivity contribution in [3.63, 3.8) is 0 Å². The van der Waals surface area contributed by atoms with E-state index in [2.05, 4.69) is 50.2 Å². The van der Waals surface area contributed by atoms with Gasteiger partial charge in [-0.25, -0.2) is 0 Å². The van der Waals surface area contributed by atoms with Gasteiger partial charge in [0, 0.05) is 18.1 Å². The first-order valence-corrected chi connectivity index (χ1v) is 7.75. The second kappa shape index (κ2) is 5.53. The lowest BCUT2D eigenvalue weighted by atomic mass is 9.86. The molecule has 2 aromatic rings. The van der Waals surface area contributed by atoms with Crippen molar-refractivity contribution in [1.82, 2.24) is 9.88 Å². The number of benzene rings is 1. The largest absolute Gasteiger partial charge is 0.306 e. The first-order valence-electron chi connectivity index (χ1n) is 7.75. The van der Waals surface area contributed by atoms with E-state index in [4.69, 9.17) is 4.98 Å². The number of rotatable bonds is 2. The van der Waals surface area contributed by atoms with Crippen molar-refractivity contribution in [3.05, 3.63) is 41.1 Å². The Morgan fingerprint density at radius 1 is 1.35 bits per heavy atom. The van der Waals surface area contributed by atoms with Gasteiger partial charge in [0.05, 0.1) is 5.52 Å². The Hall–Kier alpha value is -1.41. The van der Waals surface area contributed by atoms with Crippen LogP contribution in [-0.2, 0) is 6.42 Å². The summed E-state index contributed by atoms with van der Waals surface area (Å²) in [6.07, 6.45) is 5.70. The fraction of sp³-hybridized carbons (Fsp3) is 0.500. The molecule has 0 bridgehead atoms. The summed E-state index contributed by atoms with van der Waals surface area (Å²) < 4.78 is 0. The van der Waals surface area contributed by atoms with Gasteiger partial charge in [0.15, 0.2) is 0 Å². The highest BCUT2D eigenvalue weighted by molar-refractivity contribution is 5.84. The Balaban J connectivity index is 2.10. The van der Waals surface area contributed by atoms with Gasteiger partial charge in [-0.2, -0.15) is 0 Å². The molecule has 20 heavy (non-hydrogen) atoms. The molecule has 1 atom stereocenters. The van der Waals surface area contributed by atoms with Gasteiger partial charge in [-0.05, 0) is 68.5 Å². The number of fused-ring (bicyclic) bond motifs is 1. The molecule has 0 aliphatic carbocycles. The van der Waals surface area contributed by atoms with E-state index in [1.54, 1.807) is 0 Å². The van der Waals surface area contributed by atoms with Crippen molar-refractivity contribution in [3.8, 4) is 0 Å². The van der Waals surface area contributed by atoms with Crippen molar-refractivity contribution < 1.29 is 0 Å². The van der Waals surface area contributed by atoms with Crippen LogP contribution in [0.4, 0.5) is 0 Å². The Kier molecular flexibility index (Phi) is 3.75. The molecule has 1 unspecified atom stereocenters. The van der Waals surface area contributed by atoms with Gasteiger partial charge >= 0.3 is 0 Å². The first-order chi connectivity index (χ1) is 9.69. The monoisotopic (exact) mass is 268 g/mol. The van der Waals surface area contributed by atoms with Crippen molar-refractivity contribution in [2.45, 2.75) is 39.0 Å². The summed E-state index contributed by atoms with van der Waals surface area (Å²) in [5.41, 5.74) is 5.43. The predicted octanol–water partition coefficient (Wildman–Crippen LogP) is 3.91. The van der Waals surface area contributed by atoms with Gasteiger partial charge in [-0.3, -0.25) is 4.98 Å². The minimum Gasteiger partial charge on any atom is -0.306 e. The van der Waals surface area contributed by atoms with Crippen LogP contribution < -0.4 is 0 Å². The lowest BCUT2D eigenvalue weighted by Gasteiger charge is -2.31. The highest BCUT2D eigenvalue weighted by Crippen LogP contribution is 2.33. The topological polar surface area (TPSA) is 16.1 Å². The van der Waals surface area contributed by atoms with Crippen LogP contribution in [0.5, 0.6) is 0 Å². The predicted molar refractivity (Wildman–Crippen MR) is 85.3 cm³/mol. The molecule has 3 rings (SSSR count). The van der Waals surface area contributed by atoms with Crippen molar-refractivity contribution >= 4 is 10.9 Å². The van der Waals surface area contributed by atoms with Gasteiger partial charge in [0.1, 0.15) is 0 Å². The second-order valence-electron chi connectivity index (χ2n) is 6.17. The molecule has 0 radical (unpaired) electrons. The lowest BCUT2D eigenvalue weighted by Crippen LogP contribution is -2.31. The summed E-state index contributed by atoms with van der Waals surface area (Å²) in [5, 5.41) is 1.30. The summed E-state index contributed by atoms with van der Waals surface area (Å²) in [7, 11) is 2.23. The van der Waals surface area contributed by atoms with E-state index in [-0.39, 0.29) is 0 Å². The summed E-state index contributed by atoms with van der Waals surface area (Å²) in [4.78, 5) is 7.25. The maximum absolute atomic E-state index is 4.79. The maximum Gasteiger partial charge on any atom is 0.0740 e. The number of pyridine rings is 1. The number of likely N-dealkylation sites (N-methyl/N-ethyl adjacent to an activating group) is 1. The van der Waals surface area contributed by atoms with E-state index in [9.17, 15) is 0 Å². The van der Waals surface area contributed by atoms with E-state index in [0.29, 0.717) is 5.92 Å². The van der Waals surface area contributed by atoms with Crippen LogP contribution in [0.25, 0.3) is 10.9 Å². The van der Waals surface area contributed by atoms with Gasteiger partial charge in [-0.1, -0.05) is 19.1 Å². The molecular weight excluding hydrogens is 244 g/mol. The minimum atomic E-state index is 0.637. The average Bonchev–Trinajstić information content (AvgIpc) is 2.46. The Morgan fingerprint density at radius 2 is 2.20 bits per heavy atom. The maximum atomic E-state index is 4.79. The Bertz CT molecular complexity index is 618. The van der Waals surface area contributed by atoms with Crippen molar-refractivity contribution in [1.29, 1.82) is 0 Å².